The highest BCUT2D eigenvalue weighted by Crippen LogP contribution is 2.08. The first-order chi connectivity index (χ1) is 10.1. The summed E-state index contributed by atoms with van der Waals surface area (Å²) in [6.45, 7) is 2.73. The number of piperidine rings is 1. The Hall–Kier alpha value is -1.70. The second-order valence-corrected chi connectivity index (χ2v) is 5.26. The van der Waals surface area contributed by atoms with Gasteiger partial charge in [0.05, 0.1) is 11.7 Å². The smallest absolute Gasteiger partial charge is 0.191 e. The monoisotopic (exact) mass is 294 g/mol. The molecule has 1 atom stereocenters. The molecule has 1 aliphatic heterocycles. The quantitative estimate of drug-likeness (QED) is 0.226. The average molecular weight is 294 g/mol. The molecule has 2 heterocycles. The molecule has 1 aliphatic rings. The summed E-state index contributed by atoms with van der Waals surface area (Å²) < 4.78 is 0.622. The average Bonchev–Trinajstić information content (AvgIpc) is 2.48. The predicted molar refractivity (Wildman–Crippen MR) is 77.6 cm³/mol. The lowest BCUT2D eigenvalue weighted by atomic mass is 10.1. The minimum absolute atomic E-state index is 0.00891. The van der Waals surface area contributed by atoms with Gasteiger partial charge in [0.1, 0.15) is 6.61 Å². The maximum absolute atomic E-state index is 11.1. The summed E-state index contributed by atoms with van der Waals surface area (Å²) in [5.41, 5.74) is 2.88. The number of aliphatic hydroxyl groups is 1. The second-order valence-electron chi connectivity index (χ2n) is 5.26. The van der Waals surface area contributed by atoms with E-state index in [1.165, 1.54) is 31.7 Å². The molecule has 0 saturated carbocycles. The summed E-state index contributed by atoms with van der Waals surface area (Å²) in [5.74, 6) is -0.00891. The van der Waals surface area contributed by atoms with E-state index in [1.807, 2.05) is 0 Å². The summed E-state index contributed by atoms with van der Waals surface area (Å²) in [7, 11) is 0. The van der Waals surface area contributed by atoms with Crippen molar-refractivity contribution in [2.45, 2.75) is 25.4 Å². The Kier molecular flexibility index (Phi) is 5.91. The first kappa shape index (κ1) is 15.7. The molecule has 116 valence electrons. The number of nitrogens with one attached hydrogen (secondary N) is 2. The fourth-order valence-electron chi connectivity index (χ4n) is 2.36. The molecule has 0 unspecified atom stereocenters. The number of nitrogens with zero attached hydrogens (tertiary/aromatic N) is 2. The first-order valence-electron chi connectivity index (χ1n) is 7.21. The molecular weight excluding hydrogens is 272 g/mol. The van der Waals surface area contributed by atoms with Crippen LogP contribution in [0.3, 0.4) is 0 Å². The minimum Gasteiger partial charge on any atom is -0.619 e. The van der Waals surface area contributed by atoms with Crippen molar-refractivity contribution in [1.29, 1.82) is 5.41 Å². The van der Waals surface area contributed by atoms with Gasteiger partial charge in [-0.15, -0.1) is 0 Å². The first-order valence-corrected chi connectivity index (χ1v) is 7.21. The van der Waals surface area contributed by atoms with Gasteiger partial charge in [0.2, 0.25) is 0 Å². The Morgan fingerprint density at radius 2 is 2.24 bits per heavy atom. The predicted octanol–water partition coefficient (Wildman–Crippen LogP) is 0.0134. The van der Waals surface area contributed by atoms with Gasteiger partial charge < -0.3 is 15.2 Å². The summed E-state index contributed by atoms with van der Waals surface area (Å²) >= 11 is 0. The van der Waals surface area contributed by atoms with Gasteiger partial charge >= 0.3 is 0 Å². The van der Waals surface area contributed by atoms with Gasteiger partial charge in [-0.1, -0.05) is 6.42 Å². The molecular formula is C14H22N4O3. The normalized spacial score (nSPS) is 17.4. The van der Waals surface area contributed by atoms with E-state index in [0.29, 0.717) is 16.8 Å². The molecule has 0 radical (unpaired) electrons. The van der Waals surface area contributed by atoms with Crippen molar-refractivity contribution in [2.24, 2.45) is 0 Å². The number of aromatic nitrogens is 1. The van der Waals surface area contributed by atoms with Crippen LogP contribution >= 0.6 is 0 Å². The number of rotatable bonds is 6. The lowest BCUT2D eigenvalue weighted by molar-refractivity contribution is -0.605. The molecule has 0 aromatic carbocycles. The van der Waals surface area contributed by atoms with E-state index in [2.05, 4.69) is 10.4 Å². The fraction of sp³-hybridized carbons (Fsp3) is 0.571. The van der Waals surface area contributed by atoms with E-state index >= 15 is 0 Å². The molecule has 0 spiro atoms. The number of aliphatic hydroxyl groups excluding tert-OH is 1. The van der Waals surface area contributed by atoms with Crippen LogP contribution in [-0.4, -0.2) is 48.2 Å². The van der Waals surface area contributed by atoms with Crippen molar-refractivity contribution < 1.29 is 14.7 Å². The molecule has 1 aromatic rings. The molecule has 0 aliphatic carbocycles. The Morgan fingerprint density at radius 1 is 1.48 bits per heavy atom. The lowest BCUT2D eigenvalue weighted by Crippen LogP contribution is -2.39. The number of pyridine rings is 1. The number of amidine groups is 1. The second kappa shape index (κ2) is 7.92. The molecule has 0 bridgehead atoms. The number of likely N-dealkylation sites (tertiary alicyclic amines) is 1. The zero-order chi connectivity index (χ0) is 15.1. The maximum atomic E-state index is 11.1. The van der Waals surface area contributed by atoms with Gasteiger partial charge in [-0.25, -0.2) is 5.48 Å². The summed E-state index contributed by atoms with van der Waals surface area (Å²) in [6.07, 6.45) is 5.66. The Balaban J connectivity index is 1.67. The highest BCUT2D eigenvalue weighted by Gasteiger charge is 2.15. The third-order valence-electron chi connectivity index (χ3n) is 3.43. The lowest BCUT2D eigenvalue weighted by Gasteiger charge is -2.28. The highest BCUT2D eigenvalue weighted by molar-refractivity contribution is 5.94. The minimum atomic E-state index is -0.594. The molecule has 3 N–H and O–H groups in total. The van der Waals surface area contributed by atoms with E-state index in [4.69, 9.17) is 10.2 Å². The van der Waals surface area contributed by atoms with Gasteiger partial charge in [-0.2, -0.15) is 4.73 Å². The van der Waals surface area contributed by atoms with Crippen LogP contribution in [0.2, 0.25) is 0 Å². The highest BCUT2D eigenvalue weighted by atomic mass is 16.6. The van der Waals surface area contributed by atoms with Gasteiger partial charge in [0.15, 0.2) is 18.2 Å². The van der Waals surface area contributed by atoms with Crippen molar-refractivity contribution in [3.63, 3.8) is 0 Å². The largest absolute Gasteiger partial charge is 0.619 e. The zero-order valence-corrected chi connectivity index (χ0v) is 12.0. The fourth-order valence-corrected chi connectivity index (χ4v) is 2.36. The number of hydroxylamine groups is 1. The van der Waals surface area contributed by atoms with Crippen molar-refractivity contribution >= 4 is 5.84 Å². The van der Waals surface area contributed by atoms with E-state index in [0.717, 1.165) is 13.1 Å². The third-order valence-corrected chi connectivity index (χ3v) is 3.43. The zero-order valence-electron chi connectivity index (χ0n) is 12.0. The van der Waals surface area contributed by atoms with Crippen LogP contribution in [0.5, 0.6) is 0 Å². The maximum Gasteiger partial charge on any atom is 0.191 e. The van der Waals surface area contributed by atoms with Gasteiger partial charge in [0, 0.05) is 12.6 Å². The van der Waals surface area contributed by atoms with Crippen LogP contribution in [0.1, 0.15) is 24.8 Å². The van der Waals surface area contributed by atoms with Crippen molar-refractivity contribution in [3.05, 3.63) is 35.3 Å². The van der Waals surface area contributed by atoms with Crippen LogP contribution in [0.15, 0.2) is 24.5 Å². The Labute approximate surface area is 124 Å². The van der Waals surface area contributed by atoms with Crippen LogP contribution in [0, 0.1) is 10.6 Å². The molecule has 7 nitrogen and oxygen atoms in total. The van der Waals surface area contributed by atoms with Crippen molar-refractivity contribution in [1.82, 2.24) is 10.4 Å². The number of hydrogen-bond acceptors (Lipinski definition) is 5. The van der Waals surface area contributed by atoms with Crippen LogP contribution in [0.4, 0.5) is 0 Å². The van der Waals surface area contributed by atoms with Gasteiger partial charge in [-0.05, 0) is 32.0 Å². The SMILES string of the molecule is N=C(NOC[C@H](O)CN1CCCCC1)c1ccc[n+]([O-])c1. The number of hydrogen-bond donors (Lipinski definition) is 3. The Morgan fingerprint density at radius 3 is 2.95 bits per heavy atom. The third kappa shape index (κ3) is 5.30. The van der Waals surface area contributed by atoms with Crippen molar-refractivity contribution in [2.75, 3.05) is 26.2 Å². The van der Waals surface area contributed by atoms with E-state index in [1.54, 1.807) is 12.1 Å². The number of β-amino-alcohol motifs (C(OH)–C–C–N with tert-alkyl or cyclic N) is 1. The Bertz CT molecular complexity index is 463. The van der Waals surface area contributed by atoms with Crippen LogP contribution in [0.25, 0.3) is 0 Å². The molecule has 7 heteroatoms. The van der Waals surface area contributed by atoms with E-state index < -0.39 is 6.10 Å². The summed E-state index contributed by atoms with van der Waals surface area (Å²) in [6, 6.07) is 3.20. The summed E-state index contributed by atoms with van der Waals surface area (Å²) in [4.78, 5) is 7.35. The van der Waals surface area contributed by atoms with Gasteiger partial charge in [0.25, 0.3) is 0 Å². The standard InChI is InChI=1S/C14H22N4O3/c15-14(12-5-4-8-18(20)9-12)16-21-11-13(19)10-17-6-2-1-3-7-17/h4-5,8-9,13,19H,1-3,6-7,10-11H2,(H2,15,16)/t13-/m1/s1. The molecule has 1 fully saturated rings. The van der Waals surface area contributed by atoms with Crippen LogP contribution in [-0.2, 0) is 4.84 Å². The van der Waals surface area contributed by atoms with E-state index in [-0.39, 0.29) is 12.4 Å². The van der Waals surface area contributed by atoms with E-state index in [9.17, 15) is 10.3 Å². The molecule has 1 saturated heterocycles. The topological polar surface area (TPSA) is 95.5 Å². The summed E-state index contributed by atoms with van der Waals surface area (Å²) in [5, 5.41) is 28.7. The van der Waals surface area contributed by atoms with Crippen molar-refractivity contribution in [3.8, 4) is 0 Å². The molecule has 21 heavy (non-hydrogen) atoms. The molecule has 1 aromatic heterocycles. The van der Waals surface area contributed by atoms with Crippen LogP contribution < -0.4 is 10.2 Å². The van der Waals surface area contributed by atoms with Gasteiger partial charge in [-0.3, -0.25) is 10.2 Å². The molecule has 0 amide bonds. The molecule has 2 rings (SSSR count).